The molecular formula is C21H21ClN6O. The molecule has 7 nitrogen and oxygen atoms in total. The first-order chi connectivity index (χ1) is 14.0. The highest BCUT2D eigenvalue weighted by atomic mass is 35.5. The summed E-state index contributed by atoms with van der Waals surface area (Å²) in [6, 6.07) is 13.1. The third-order valence-electron chi connectivity index (χ3n) is 4.52. The Labute approximate surface area is 173 Å². The van der Waals surface area contributed by atoms with Gasteiger partial charge >= 0.3 is 6.03 Å². The van der Waals surface area contributed by atoms with Crippen molar-refractivity contribution in [3.05, 3.63) is 82.5 Å². The molecule has 0 saturated carbocycles. The first kappa shape index (κ1) is 19.0. The number of aryl methyl sites for hydroxylation is 2. The normalized spacial score (nSPS) is 11.0. The summed E-state index contributed by atoms with van der Waals surface area (Å²) >= 11 is 5.99. The molecule has 0 spiro atoms. The highest BCUT2D eigenvalue weighted by Gasteiger charge is 2.07. The van der Waals surface area contributed by atoms with E-state index >= 15 is 0 Å². The van der Waals surface area contributed by atoms with E-state index in [0.29, 0.717) is 18.1 Å². The van der Waals surface area contributed by atoms with Crippen LogP contribution in [0.15, 0.2) is 54.9 Å². The molecule has 148 valence electrons. The summed E-state index contributed by atoms with van der Waals surface area (Å²) in [6.07, 6.45) is 3.62. The van der Waals surface area contributed by atoms with Crippen LogP contribution < -0.4 is 10.6 Å². The van der Waals surface area contributed by atoms with E-state index in [-0.39, 0.29) is 6.03 Å². The molecule has 1 aromatic carbocycles. The van der Waals surface area contributed by atoms with Crippen molar-refractivity contribution in [2.75, 3.05) is 5.32 Å². The maximum atomic E-state index is 12.3. The van der Waals surface area contributed by atoms with Crippen LogP contribution in [0.3, 0.4) is 0 Å². The maximum absolute atomic E-state index is 12.3. The topological polar surface area (TPSA) is 76.2 Å². The molecule has 0 bridgehead atoms. The van der Waals surface area contributed by atoms with Crippen LogP contribution in [0.25, 0.3) is 5.65 Å². The van der Waals surface area contributed by atoms with Gasteiger partial charge in [0, 0.05) is 23.8 Å². The lowest BCUT2D eigenvalue weighted by molar-refractivity contribution is 0.251. The summed E-state index contributed by atoms with van der Waals surface area (Å²) < 4.78 is 3.78. The number of rotatable bonds is 5. The second-order valence-corrected chi connectivity index (χ2v) is 7.37. The number of fused-ring (bicyclic) bond motifs is 1. The molecule has 2 amide bonds. The highest BCUT2D eigenvalue weighted by molar-refractivity contribution is 6.30. The van der Waals surface area contributed by atoms with Gasteiger partial charge in [-0.15, -0.1) is 0 Å². The number of carbonyl (C=O) groups excluding carboxylic acids is 1. The number of amides is 2. The van der Waals surface area contributed by atoms with Gasteiger partial charge in [0.2, 0.25) is 0 Å². The van der Waals surface area contributed by atoms with E-state index in [0.717, 1.165) is 34.0 Å². The van der Waals surface area contributed by atoms with E-state index in [2.05, 4.69) is 20.7 Å². The number of hydrogen-bond acceptors (Lipinski definition) is 3. The average molecular weight is 409 g/mol. The van der Waals surface area contributed by atoms with Crippen molar-refractivity contribution in [3.63, 3.8) is 0 Å². The van der Waals surface area contributed by atoms with Gasteiger partial charge in [0.05, 0.1) is 29.5 Å². The zero-order valence-corrected chi connectivity index (χ0v) is 16.9. The van der Waals surface area contributed by atoms with Crippen molar-refractivity contribution in [2.24, 2.45) is 0 Å². The van der Waals surface area contributed by atoms with E-state index in [9.17, 15) is 4.79 Å². The first-order valence-corrected chi connectivity index (χ1v) is 9.62. The molecule has 4 aromatic rings. The number of halogens is 1. The summed E-state index contributed by atoms with van der Waals surface area (Å²) in [7, 11) is 0. The summed E-state index contributed by atoms with van der Waals surface area (Å²) in [6.45, 7) is 4.98. The Morgan fingerprint density at radius 1 is 1.14 bits per heavy atom. The molecule has 0 aliphatic rings. The molecule has 8 heteroatoms. The van der Waals surface area contributed by atoms with E-state index < -0.39 is 0 Å². The van der Waals surface area contributed by atoms with Gasteiger partial charge < -0.3 is 15.0 Å². The Balaban J connectivity index is 1.37. The van der Waals surface area contributed by atoms with Gasteiger partial charge in [-0.25, -0.2) is 9.78 Å². The largest absolute Gasteiger partial charge is 0.332 e. The van der Waals surface area contributed by atoms with Crippen molar-refractivity contribution < 1.29 is 4.79 Å². The number of nitrogens with zero attached hydrogens (tertiary/aromatic N) is 4. The summed E-state index contributed by atoms with van der Waals surface area (Å²) in [5, 5.41) is 10.8. The van der Waals surface area contributed by atoms with Gasteiger partial charge in [-0.05, 0) is 49.7 Å². The molecule has 0 saturated heterocycles. The van der Waals surface area contributed by atoms with E-state index in [1.165, 1.54) is 0 Å². The molecule has 0 atom stereocenters. The van der Waals surface area contributed by atoms with Crippen LogP contribution in [-0.2, 0) is 13.1 Å². The fourth-order valence-electron chi connectivity index (χ4n) is 3.20. The lowest BCUT2D eigenvalue weighted by Crippen LogP contribution is -2.28. The number of hydrogen-bond donors (Lipinski definition) is 2. The molecule has 3 aromatic heterocycles. The zero-order valence-electron chi connectivity index (χ0n) is 16.2. The Morgan fingerprint density at radius 3 is 2.79 bits per heavy atom. The second kappa shape index (κ2) is 7.97. The minimum atomic E-state index is -0.289. The number of carbonyl (C=O) groups is 1. The van der Waals surface area contributed by atoms with Crippen molar-refractivity contribution in [1.82, 2.24) is 24.5 Å². The van der Waals surface area contributed by atoms with E-state index in [1.807, 2.05) is 65.5 Å². The molecular weight excluding hydrogens is 388 g/mol. The van der Waals surface area contributed by atoms with Crippen LogP contribution >= 0.6 is 11.6 Å². The minimum Gasteiger partial charge on any atom is -0.332 e. The Kier molecular flexibility index (Phi) is 5.22. The van der Waals surface area contributed by atoms with Gasteiger partial charge in [-0.2, -0.15) is 5.10 Å². The van der Waals surface area contributed by atoms with Gasteiger partial charge in [-0.3, -0.25) is 4.68 Å². The number of benzene rings is 1. The molecule has 0 aliphatic carbocycles. The summed E-state index contributed by atoms with van der Waals surface area (Å²) in [5.41, 5.74) is 5.41. The van der Waals surface area contributed by atoms with Gasteiger partial charge in [-0.1, -0.05) is 23.7 Å². The zero-order chi connectivity index (χ0) is 20.4. The summed E-state index contributed by atoms with van der Waals surface area (Å²) in [4.78, 5) is 16.7. The van der Waals surface area contributed by atoms with Gasteiger partial charge in [0.25, 0.3) is 0 Å². The van der Waals surface area contributed by atoms with Gasteiger partial charge in [0.1, 0.15) is 5.65 Å². The fraction of sp³-hybridized carbons (Fsp3) is 0.190. The summed E-state index contributed by atoms with van der Waals surface area (Å²) in [5.74, 6) is 0. The Bertz CT molecular complexity index is 1180. The van der Waals surface area contributed by atoms with E-state index in [1.54, 1.807) is 12.3 Å². The van der Waals surface area contributed by atoms with Crippen molar-refractivity contribution in [2.45, 2.75) is 26.9 Å². The number of imidazole rings is 1. The monoisotopic (exact) mass is 408 g/mol. The Morgan fingerprint density at radius 2 is 2.00 bits per heavy atom. The predicted octanol–water partition coefficient (Wildman–Crippen LogP) is 4.17. The minimum absolute atomic E-state index is 0.289. The molecule has 0 unspecified atom stereocenters. The fourth-order valence-corrected chi connectivity index (χ4v) is 3.37. The standard InChI is InChI=1S/C21H21ClN6O/c1-14-8-15(2)28(26-14)11-16-4-3-5-18(9-16)25-21(29)23-10-19-13-27-12-17(22)6-7-20(27)24-19/h3-9,12-13H,10-11H2,1-2H3,(H2,23,25,29). The third-order valence-corrected chi connectivity index (χ3v) is 4.74. The van der Waals surface area contributed by atoms with Gasteiger partial charge in [0.15, 0.2) is 0 Å². The van der Waals surface area contributed by atoms with Crippen molar-refractivity contribution in [1.29, 1.82) is 0 Å². The quantitative estimate of drug-likeness (QED) is 0.520. The Hall–Kier alpha value is -3.32. The lowest BCUT2D eigenvalue weighted by atomic mass is 10.2. The molecule has 3 heterocycles. The van der Waals surface area contributed by atoms with Crippen LogP contribution in [0, 0.1) is 13.8 Å². The molecule has 0 radical (unpaired) electrons. The molecule has 0 aliphatic heterocycles. The smallest absolute Gasteiger partial charge is 0.319 e. The van der Waals surface area contributed by atoms with Crippen molar-refractivity contribution >= 4 is 29.0 Å². The highest BCUT2D eigenvalue weighted by Crippen LogP contribution is 2.14. The van der Waals surface area contributed by atoms with Crippen LogP contribution in [0.1, 0.15) is 22.6 Å². The molecule has 0 fully saturated rings. The van der Waals surface area contributed by atoms with Crippen LogP contribution in [0.5, 0.6) is 0 Å². The molecule has 29 heavy (non-hydrogen) atoms. The van der Waals surface area contributed by atoms with E-state index in [4.69, 9.17) is 11.6 Å². The predicted molar refractivity (Wildman–Crippen MR) is 113 cm³/mol. The number of pyridine rings is 1. The SMILES string of the molecule is Cc1cc(C)n(Cc2cccc(NC(=O)NCc3cn4cc(Cl)ccc4n3)c2)n1. The second-order valence-electron chi connectivity index (χ2n) is 6.94. The average Bonchev–Trinajstić information content (AvgIpc) is 3.22. The maximum Gasteiger partial charge on any atom is 0.319 e. The third kappa shape index (κ3) is 4.57. The van der Waals surface area contributed by atoms with Crippen LogP contribution in [-0.4, -0.2) is 25.2 Å². The molecule has 2 N–H and O–H groups in total. The van der Waals surface area contributed by atoms with Crippen LogP contribution in [0.2, 0.25) is 5.02 Å². The number of anilines is 1. The number of aromatic nitrogens is 4. The molecule has 4 rings (SSSR count). The van der Waals surface area contributed by atoms with Crippen molar-refractivity contribution in [3.8, 4) is 0 Å². The van der Waals surface area contributed by atoms with Crippen LogP contribution in [0.4, 0.5) is 10.5 Å². The number of urea groups is 1. The lowest BCUT2D eigenvalue weighted by Gasteiger charge is -2.09. The number of nitrogens with one attached hydrogen (secondary N) is 2. The first-order valence-electron chi connectivity index (χ1n) is 9.24.